The molecule has 0 saturated heterocycles. The molecule has 3 N–H and O–H groups in total. The lowest BCUT2D eigenvalue weighted by atomic mass is 10.2. The van der Waals surface area contributed by atoms with Gasteiger partial charge in [0.15, 0.2) is 0 Å². The number of sulfonamides is 1. The van der Waals surface area contributed by atoms with Crippen LogP contribution in [0.1, 0.15) is 12.5 Å². The summed E-state index contributed by atoms with van der Waals surface area (Å²) >= 11 is 0. The average molecular weight is 287 g/mol. The maximum absolute atomic E-state index is 11.7. The van der Waals surface area contributed by atoms with E-state index in [2.05, 4.69) is 15.0 Å². The Morgan fingerprint density at radius 3 is 2.63 bits per heavy atom. The van der Waals surface area contributed by atoms with Gasteiger partial charge in [-0.05, 0) is 31.0 Å². The van der Waals surface area contributed by atoms with E-state index in [-0.39, 0.29) is 5.75 Å². The topological polar surface area (TPSA) is 91.3 Å². The van der Waals surface area contributed by atoms with E-state index in [1.165, 1.54) is 0 Å². The van der Waals surface area contributed by atoms with Crippen molar-refractivity contribution < 1.29 is 13.5 Å². The van der Waals surface area contributed by atoms with Crippen LogP contribution in [0.3, 0.4) is 0 Å². The van der Waals surface area contributed by atoms with Gasteiger partial charge in [-0.3, -0.25) is 4.98 Å². The van der Waals surface area contributed by atoms with Crippen LogP contribution in [0.4, 0.5) is 0 Å². The lowest BCUT2D eigenvalue weighted by molar-refractivity contribution is 0.192. The van der Waals surface area contributed by atoms with Crippen LogP contribution in [-0.2, 0) is 16.4 Å². The van der Waals surface area contributed by atoms with E-state index >= 15 is 0 Å². The molecule has 0 aliphatic rings. The van der Waals surface area contributed by atoms with Gasteiger partial charge in [0.1, 0.15) is 0 Å². The van der Waals surface area contributed by atoms with Crippen molar-refractivity contribution in [3.63, 3.8) is 0 Å². The highest BCUT2D eigenvalue weighted by Crippen LogP contribution is 1.99. The summed E-state index contributed by atoms with van der Waals surface area (Å²) in [6, 6.07) is 3.61. The number of hydrogen-bond acceptors (Lipinski definition) is 5. The number of aromatic nitrogens is 1. The number of nitrogens with one attached hydrogen (secondary N) is 2. The summed E-state index contributed by atoms with van der Waals surface area (Å²) in [5.74, 6) is 0.0629. The van der Waals surface area contributed by atoms with Crippen LogP contribution >= 0.6 is 0 Å². The Bertz CT molecular complexity index is 449. The van der Waals surface area contributed by atoms with Gasteiger partial charge in [0.2, 0.25) is 10.0 Å². The van der Waals surface area contributed by atoms with Gasteiger partial charge in [-0.15, -0.1) is 0 Å². The van der Waals surface area contributed by atoms with Gasteiger partial charge in [-0.1, -0.05) is 0 Å². The number of aliphatic hydroxyl groups is 1. The van der Waals surface area contributed by atoms with E-state index in [1.54, 1.807) is 31.5 Å². The Morgan fingerprint density at radius 1 is 1.32 bits per heavy atom. The zero-order chi connectivity index (χ0) is 14.1. The molecule has 19 heavy (non-hydrogen) atoms. The van der Waals surface area contributed by atoms with E-state index in [0.717, 1.165) is 5.56 Å². The highest BCUT2D eigenvalue weighted by Gasteiger charge is 2.09. The normalized spacial score (nSPS) is 13.4. The number of rotatable bonds is 9. The number of nitrogens with zero attached hydrogens (tertiary/aromatic N) is 1. The van der Waals surface area contributed by atoms with E-state index in [9.17, 15) is 8.42 Å². The Kier molecular flexibility index (Phi) is 6.93. The van der Waals surface area contributed by atoms with Crippen molar-refractivity contribution in [2.24, 2.45) is 0 Å². The summed E-state index contributed by atoms with van der Waals surface area (Å²) in [5, 5.41) is 12.0. The third kappa shape index (κ3) is 7.89. The van der Waals surface area contributed by atoms with Crippen LogP contribution in [-0.4, -0.2) is 50.0 Å². The van der Waals surface area contributed by atoms with Crippen molar-refractivity contribution in [2.45, 2.75) is 19.4 Å². The SMILES string of the molecule is CC(O)CNCCNS(=O)(=O)CCc1ccncc1. The number of hydrogen-bond donors (Lipinski definition) is 3. The third-order valence-electron chi connectivity index (χ3n) is 2.47. The van der Waals surface area contributed by atoms with E-state index in [0.29, 0.717) is 26.1 Å². The van der Waals surface area contributed by atoms with Crippen molar-refractivity contribution in [1.29, 1.82) is 0 Å². The van der Waals surface area contributed by atoms with Crippen molar-refractivity contribution in [1.82, 2.24) is 15.0 Å². The fraction of sp³-hybridized carbons (Fsp3) is 0.583. The van der Waals surface area contributed by atoms with Gasteiger partial charge < -0.3 is 10.4 Å². The van der Waals surface area contributed by atoms with Gasteiger partial charge in [0, 0.05) is 32.0 Å². The molecule has 0 aliphatic heterocycles. The average Bonchev–Trinajstić information content (AvgIpc) is 2.37. The van der Waals surface area contributed by atoms with Crippen LogP contribution in [0, 0.1) is 0 Å². The third-order valence-corrected chi connectivity index (χ3v) is 3.86. The van der Waals surface area contributed by atoms with Crippen LogP contribution in [0.15, 0.2) is 24.5 Å². The maximum atomic E-state index is 11.7. The highest BCUT2D eigenvalue weighted by molar-refractivity contribution is 7.89. The molecule has 0 aromatic carbocycles. The summed E-state index contributed by atoms with van der Waals surface area (Å²) < 4.78 is 25.9. The molecule has 0 amide bonds. The molecule has 0 radical (unpaired) electrons. The second-order valence-electron chi connectivity index (χ2n) is 4.37. The molecule has 108 valence electrons. The minimum absolute atomic E-state index is 0.0629. The van der Waals surface area contributed by atoms with Crippen LogP contribution in [0.25, 0.3) is 0 Å². The molecular formula is C12H21N3O3S. The summed E-state index contributed by atoms with van der Waals surface area (Å²) in [6.07, 6.45) is 3.34. The smallest absolute Gasteiger partial charge is 0.211 e. The summed E-state index contributed by atoms with van der Waals surface area (Å²) in [4.78, 5) is 3.88. The summed E-state index contributed by atoms with van der Waals surface area (Å²) in [5.41, 5.74) is 0.951. The first-order valence-electron chi connectivity index (χ1n) is 6.24. The van der Waals surface area contributed by atoms with Gasteiger partial charge in [0.05, 0.1) is 11.9 Å². The monoisotopic (exact) mass is 287 g/mol. The van der Waals surface area contributed by atoms with E-state index in [4.69, 9.17) is 5.11 Å². The molecule has 0 bridgehead atoms. The molecule has 0 aliphatic carbocycles. The van der Waals surface area contributed by atoms with Crippen LogP contribution in [0.5, 0.6) is 0 Å². The van der Waals surface area contributed by atoms with Crippen LogP contribution < -0.4 is 10.0 Å². The quantitative estimate of drug-likeness (QED) is 0.533. The minimum Gasteiger partial charge on any atom is -0.392 e. The van der Waals surface area contributed by atoms with Gasteiger partial charge in [-0.25, -0.2) is 13.1 Å². The summed E-state index contributed by atoms with van der Waals surface area (Å²) in [7, 11) is -3.25. The Morgan fingerprint density at radius 2 is 2.00 bits per heavy atom. The molecule has 0 spiro atoms. The molecule has 1 heterocycles. The molecule has 1 aromatic heterocycles. The second kappa shape index (κ2) is 8.21. The predicted molar refractivity (Wildman–Crippen MR) is 74.3 cm³/mol. The lowest BCUT2D eigenvalue weighted by Crippen LogP contribution is -2.35. The molecule has 0 fully saturated rings. The molecule has 1 rings (SSSR count). The second-order valence-corrected chi connectivity index (χ2v) is 6.30. The molecule has 1 unspecified atom stereocenters. The van der Waals surface area contributed by atoms with Crippen molar-refractivity contribution in [2.75, 3.05) is 25.4 Å². The lowest BCUT2D eigenvalue weighted by Gasteiger charge is -2.09. The van der Waals surface area contributed by atoms with E-state index < -0.39 is 16.1 Å². The molecule has 0 saturated carbocycles. The molecule has 1 atom stereocenters. The fourth-order valence-electron chi connectivity index (χ4n) is 1.48. The molecule has 1 aromatic rings. The van der Waals surface area contributed by atoms with Crippen molar-refractivity contribution in [3.05, 3.63) is 30.1 Å². The van der Waals surface area contributed by atoms with Crippen LogP contribution in [0.2, 0.25) is 0 Å². The zero-order valence-corrected chi connectivity index (χ0v) is 11.9. The number of aliphatic hydroxyl groups excluding tert-OH is 1. The maximum Gasteiger partial charge on any atom is 0.211 e. The van der Waals surface area contributed by atoms with Crippen molar-refractivity contribution >= 4 is 10.0 Å². The van der Waals surface area contributed by atoms with Gasteiger partial charge in [-0.2, -0.15) is 0 Å². The van der Waals surface area contributed by atoms with Crippen molar-refractivity contribution in [3.8, 4) is 0 Å². The predicted octanol–water partition coefficient (Wildman–Crippen LogP) is -0.486. The Labute approximate surface area is 114 Å². The standard InChI is InChI=1S/C12H21N3O3S/c1-11(16)10-14-7-8-15-19(17,18)9-4-12-2-5-13-6-3-12/h2-3,5-6,11,14-16H,4,7-10H2,1H3. The first-order valence-corrected chi connectivity index (χ1v) is 7.90. The molecular weight excluding hydrogens is 266 g/mol. The number of aryl methyl sites for hydroxylation is 1. The Balaban J connectivity index is 2.21. The largest absolute Gasteiger partial charge is 0.392 e. The van der Waals surface area contributed by atoms with Gasteiger partial charge >= 0.3 is 0 Å². The molecule has 6 nitrogen and oxygen atoms in total. The fourth-order valence-corrected chi connectivity index (χ4v) is 2.54. The summed E-state index contributed by atoms with van der Waals surface area (Å²) in [6.45, 7) is 2.95. The highest BCUT2D eigenvalue weighted by atomic mass is 32.2. The number of pyridine rings is 1. The zero-order valence-electron chi connectivity index (χ0n) is 11.0. The van der Waals surface area contributed by atoms with Gasteiger partial charge in [0.25, 0.3) is 0 Å². The molecule has 7 heteroatoms. The first kappa shape index (κ1) is 16.0. The minimum atomic E-state index is -3.25. The van der Waals surface area contributed by atoms with E-state index in [1.807, 2.05) is 0 Å². The Hall–Kier alpha value is -1.02. The first-order chi connectivity index (χ1) is 8.99.